The lowest BCUT2D eigenvalue weighted by molar-refractivity contribution is 0.607. The van der Waals surface area contributed by atoms with E-state index in [1.54, 1.807) is 0 Å². The van der Waals surface area contributed by atoms with Crippen LogP contribution in [-0.2, 0) is 12.8 Å². The highest BCUT2D eigenvalue weighted by atomic mass is 14.1. The summed E-state index contributed by atoms with van der Waals surface area (Å²) in [6.45, 7) is 4.57. The third kappa shape index (κ3) is 11.9. The summed E-state index contributed by atoms with van der Waals surface area (Å²) in [5, 5.41) is 0. The van der Waals surface area contributed by atoms with Crippen molar-refractivity contribution >= 4 is 24.3 Å². The molecule has 0 saturated carbocycles. The average Bonchev–Trinajstić information content (AvgIpc) is 3.17. The van der Waals surface area contributed by atoms with Crippen LogP contribution in [-0.4, -0.2) is 0 Å². The molecule has 0 nitrogen and oxygen atoms in total. The predicted molar refractivity (Wildman–Crippen MR) is 222 cm³/mol. The normalized spacial score (nSPS) is 11.6. The van der Waals surface area contributed by atoms with Gasteiger partial charge in [0.1, 0.15) is 0 Å². The minimum atomic E-state index is 1.17. The first kappa shape index (κ1) is 36.9. The minimum absolute atomic E-state index is 1.17. The third-order valence-corrected chi connectivity index (χ3v) is 9.92. The highest BCUT2D eigenvalue weighted by Gasteiger charge is 2.09. The van der Waals surface area contributed by atoms with Crippen LogP contribution in [0.4, 0.5) is 0 Å². The van der Waals surface area contributed by atoms with Gasteiger partial charge in [-0.25, -0.2) is 0 Å². The fourth-order valence-electron chi connectivity index (χ4n) is 6.83. The third-order valence-electron chi connectivity index (χ3n) is 9.92. The minimum Gasteiger partial charge on any atom is -0.0654 e. The predicted octanol–water partition coefficient (Wildman–Crippen LogP) is 15.2. The second kappa shape index (κ2) is 20.9. The van der Waals surface area contributed by atoms with Crippen LogP contribution < -0.4 is 0 Å². The molecule has 0 heterocycles. The van der Waals surface area contributed by atoms with Gasteiger partial charge in [0.15, 0.2) is 0 Å². The molecule has 0 radical (unpaired) electrons. The van der Waals surface area contributed by atoms with Crippen LogP contribution in [0.25, 0.3) is 46.6 Å². The number of hydrogen-bond acceptors (Lipinski definition) is 0. The zero-order valence-corrected chi connectivity index (χ0v) is 30.8. The number of aryl methyl sites for hydroxylation is 2. The summed E-state index contributed by atoms with van der Waals surface area (Å²) in [5.74, 6) is 0. The van der Waals surface area contributed by atoms with E-state index in [0.717, 1.165) is 0 Å². The number of benzene rings is 5. The van der Waals surface area contributed by atoms with Gasteiger partial charge >= 0.3 is 0 Å². The van der Waals surface area contributed by atoms with Gasteiger partial charge in [-0.15, -0.1) is 0 Å². The summed E-state index contributed by atoms with van der Waals surface area (Å²) in [6, 6.07) is 44.8. The molecule has 0 spiro atoms. The zero-order chi connectivity index (χ0) is 34.6. The summed E-state index contributed by atoms with van der Waals surface area (Å²) >= 11 is 0. The molecule has 0 N–H and O–H groups in total. The van der Waals surface area contributed by atoms with Crippen molar-refractivity contribution in [3.63, 3.8) is 0 Å². The maximum absolute atomic E-state index is 2.34. The zero-order valence-electron chi connectivity index (χ0n) is 30.8. The molecule has 0 heteroatoms. The Labute approximate surface area is 304 Å². The smallest absolute Gasteiger partial charge is 0.0105 e. The first-order chi connectivity index (χ1) is 24.7. The first-order valence-electron chi connectivity index (χ1n) is 19.6. The van der Waals surface area contributed by atoms with Gasteiger partial charge in [-0.3, -0.25) is 0 Å². The lowest BCUT2D eigenvalue weighted by Gasteiger charge is -2.13. The van der Waals surface area contributed by atoms with E-state index in [1.807, 2.05) is 0 Å². The quantitative estimate of drug-likeness (QED) is 0.0577. The van der Waals surface area contributed by atoms with E-state index in [-0.39, 0.29) is 0 Å². The lowest BCUT2D eigenvalue weighted by Crippen LogP contribution is -1.89. The van der Waals surface area contributed by atoms with E-state index < -0.39 is 0 Å². The van der Waals surface area contributed by atoms with E-state index in [9.17, 15) is 0 Å². The molecular weight excluding hydrogens is 601 g/mol. The summed E-state index contributed by atoms with van der Waals surface area (Å²) in [4.78, 5) is 0. The number of unbranched alkanes of at least 4 members (excludes halogenated alkanes) is 10. The van der Waals surface area contributed by atoms with Crippen LogP contribution in [0.3, 0.4) is 0 Å². The highest BCUT2D eigenvalue weighted by molar-refractivity contribution is 5.88. The van der Waals surface area contributed by atoms with E-state index in [1.165, 1.54) is 146 Å². The maximum Gasteiger partial charge on any atom is -0.0105 e. The fraction of sp³-hybridized carbons (Fsp3) is 0.320. The second-order valence-electron chi connectivity index (χ2n) is 13.9. The number of hydrogen-bond donors (Lipinski definition) is 0. The van der Waals surface area contributed by atoms with Gasteiger partial charge in [-0.05, 0) is 87.4 Å². The van der Waals surface area contributed by atoms with Gasteiger partial charge in [0.05, 0.1) is 0 Å². The Morgan fingerprint density at radius 1 is 0.360 bits per heavy atom. The van der Waals surface area contributed by atoms with Gasteiger partial charge < -0.3 is 0 Å². The van der Waals surface area contributed by atoms with Gasteiger partial charge in [0.25, 0.3) is 0 Å². The van der Waals surface area contributed by atoms with Crippen LogP contribution in [0.5, 0.6) is 0 Å². The van der Waals surface area contributed by atoms with Crippen molar-refractivity contribution in [3.8, 4) is 22.3 Å². The molecule has 5 aromatic carbocycles. The lowest BCUT2D eigenvalue weighted by atomic mass is 9.91. The summed E-state index contributed by atoms with van der Waals surface area (Å²) in [5.41, 5.74) is 12.8. The van der Waals surface area contributed by atoms with Crippen molar-refractivity contribution in [1.29, 1.82) is 0 Å². The van der Waals surface area contributed by atoms with Crippen LogP contribution in [0, 0.1) is 0 Å². The van der Waals surface area contributed by atoms with Gasteiger partial charge in [0, 0.05) is 0 Å². The average molecular weight is 659 g/mol. The summed E-state index contributed by atoms with van der Waals surface area (Å²) in [6.07, 6.45) is 27.6. The van der Waals surface area contributed by atoms with E-state index in [4.69, 9.17) is 0 Å². The molecule has 0 aliphatic rings. The molecule has 5 rings (SSSR count). The molecule has 0 fully saturated rings. The fourth-order valence-corrected chi connectivity index (χ4v) is 6.83. The van der Waals surface area contributed by atoms with E-state index in [2.05, 4.69) is 159 Å². The van der Waals surface area contributed by atoms with Crippen LogP contribution in [0.15, 0.2) is 121 Å². The van der Waals surface area contributed by atoms with Crippen LogP contribution in [0.1, 0.15) is 124 Å². The van der Waals surface area contributed by atoms with Crippen LogP contribution in [0.2, 0.25) is 0 Å². The SMILES string of the molecule is CCCCCCCCc1ccc(/C=C/c2ccccc2-c2ccc(-c3ccccc3)cc2/C=C/c2ccc(CCCCCCCC)cc2)cc1. The molecule has 0 aliphatic heterocycles. The Morgan fingerprint density at radius 3 is 1.42 bits per heavy atom. The Morgan fingerprint density at radius 2 is 0.840 bits per heavy atom. The van der Waals surface area contributed by atoms with Crippen molar-refractivity contribution in [2.24, 2.45) is 0 Å². The van der Waals surface area contributed by atoms with Gasteiger partial charge in [-0.2, -0.15) is 0 Å². The molecule has 0 aromatic heterocycles. The Kier molecular flexibility index (Phi) is 15.4. The van der Waals surface area contributed by atoms with Gasteiger partial charge in [-0.1, -0.05) is 218 Å². The number of rotatable bonds is 20. The van der Waals surface area contributed by atoms with Crippen molar-refractivity contribution in [2.75, 3.05) is 0 Å². The van der Waals surface area contributed by atoms with Crippen molar-refractivity contribution in [1.82, 2.24) is 0 Å². The summed E-state index contributed by atoms with van der Waals surface area (Å²) in [7, 11) is 0. The molecular formula is C50H58. The monoisotopic (exact) mass is 658 g/mol. The molecule has 5 aromatic rings. The standard InChI is InChI=1S/C50H58/c1-3-5-7-9-11-14-20-41-26-30-43(31-27-41)34-36-46-24-18-19-25-49(46)50-39-38-47(45-22-16-13-17-23-45)40-48(50)37-35-44-32-28-42(29-33-44)21-15-12-10-8-6-4-2/h13,16-19,22-40H,3-12,14-15,20-21H2,1-2H3/b36-34+,37-35+. The second-order valence-corrected chi connectivity index (χ2v) is 13.9. The molecule has 50 heavy (non-hydrogen) atoms. The van der Waals surface area contributed by atoms with E-state index >= 15 is 0 Å². The van der Waals surface area contributed by atoms with Crippen molar-refractivity contribution in [3.05, 3.63) is 155 Å². The Hall–Kier alpha value is -4.42. The molecule has 0 aliphatic carbocycles. The molecule has 0 unspecified atom stereocenters. The van der Waals surface area contributed by atoms with Gasteiger partial charge in [0.2, 0.25) is 0 Å². The summed E-state index contributed by atoms with van der Waals surface area (Å²) < 4.78 is 0. The molecule has 0 atom stereocenters. The largest absolute Gasteiger partial charge is 0.0654 e. The molecule has 0 bridgehead atoms. The Bertz CT molecular complexity index is 1740. The first-order valence-corrected chi connectivity index (χ1v) is 19.6. The molecule has 258 valence electrons. The molecule has 0 amide bonds. The highest BCUT2D eigenvalue weighted by Crippen LogP contribution is 2.33. The topological polar surface area (TPSA) is 0 Å². The Balaban J connectivity index is 1.32. The van der Waals surface area contributed by atoms with Crippen LogP contribution >= 0.6 is 0 Å². The van der Waals surface area contributed by atoms with Crippen molar-refractivity contribution in [2.45, 2.75) is 104 Å². The maximum atomic E-state index is 2.34. The van der Waals surface area contributed by atoms with E-state index in [0.29, 0.717) is 0 Å². The molecule has 0 saturated heterocycles. The van der Waals surface area contributed by atoms with Crippen molar-refractivity contribution < 1.29 is 0 Å².